The summed E-state index contributed by atoms with van der Waals surface area (Å²) in [5.41, 5.74) is 5.82. The van der Waals surface area contributed by atoms with Gasteiger partial charge in [0.1, 0.15) is 0 Å². The van der Waals surface area contributed by atoms with Crippen molar-refractivity contribution in [2.75, 3.05) is 13.6 Å². The Kier molecular flexibility index (Phi) is 4.06. The highest BCUT2D eigenvalue weighted by Gasteiger charge is 2.21. The predicted octanol–water partition coefficient (Wildman–Crippen LogP) is 1.59. The smallest absolute Gasteiger partial charge is 0.191 e. The van der Waals surface area contributed by atoms with Gasteiger partial charge < -0.3 is 10.6 Å². The second kappa shape index (κ2) is 5.10. The first-order valence-corrected chi connectivity index (χ1v) is 5.28. The number of guanidine groups is 1. The van der Waals surface area contributed by atoms with Gasteiger partial charge in [0, 0.05) is 13.6 Å². The molecule has 1 aliphatic rings. The zero-order chi connectivity index (χ0) is 9.68. The van der Waals surface area contributed by atoms with Crippen molar-refractivity contribution in [3.8, 4) is 0 Å². The van der Waals surface area contributed by atoms with Crippen molar-refractivity contribution in [1.29, 1.82) is 0 Å². The van der Waals surface area contributed by atoms with E-state index in [0.29, 0.717) is 6.04 Å². The minimum Gasteiger partial charge on any atom is -0.370 e. The third kappa shape index (κ3) is 4.15. The van der Waals surface area contributed by atoms with Gasteiger partial charge in [-0.2, -0.15) is 0 Å². The Morgan fingerprint density at radius 3 is 2.69 bits per heavy atom. The molecule has 0 aromatic rings. The molecule has 0 atom stereocenters. The number of aliphatic imine (C=N–C) groups is 1. The first-order valence-electron chi connectivity index (χ1n) is 5.28. The fourth-order valence-electron chi connectivity index (χ4n) is 1.20. The van der Waals surface area contributed by atoms with E-state index in [1.165, 1.54) is 32.1 Å². The van der Waals surface area contributed by atoms with Gasteiger partial charge in [0.25, 0.3) is 0 Å². The highest BCUT2D eigenvalue weighted by atomic mass is 15.2. The summed E-state index contributed by atoms with van der Waals surface area (Å²) in [5.74, 6) is 0.721. The summed E-state index contributed by atoms with van der Waals surface area (Å²) in [5, 5.41) is 0. The van der Waals surface area contributed by atoms with E-state index < -0.39 is 0 Å². The summed E-state index contributed by atoms with van der Waals surface area (Å²) in [6.45, 7) is 3.25. The van der Waals surface area contributed by atoms with E-state index in [-0.39, 0.29) is 0 Å². The average Bonchev–Trinajstić information content (AvgIpc) is 2.88. The Morgan fingerprint density at radius 1 is 1.46 bits per heavy atom. The minimum atomic E-state index is 0.536. The molecule has 2 N–H and O–H groups in total. The zero-order valence-electron chi connectivity index (χ0n) is 8.79. The van der Waals surface area contributed by atoms with Crippen LogP contribution in [-0.4, -0.2) is 30.5 Å². The van der Waals surface area contributed by atoms with Gasteiger partial charge in [-0.1, -0.05) is 19.8 Å². The molecule has 0 amide bonds. The topological polar surface area (TPSA) is 41.6 Å². The van der Waals surface area contributed by atoms with Crippen LogP contribution in [0.15, 0.2) is 4.99 Å². The molecule has 3 heteroatoms. The molecule has 0 aliphatic heterocycles. The van der Waals surface area contributed by atoms with Gasteiger partial charge in [-0.05, 0) is 19.3 Å². The molecule has 1 aliphatic carbocycles. The molecule has 1 fully saturated rings. The third-order valence-corrected chi connectivity index (χ3v) is 2.35. The Labute approximate surface area is 81.0 Å². The SMILES string of the molecule is CCCCCN(C)C(N)=NC1CC1. The molecule has 76 valence electrons. The third-order valence-electron chi connectivity index (χ3n) is 2.35. The van der Waals surface area contributed by atoms with Gasteiger partial charge in [0.2, 0.25) is 0 Å². The second-order valence-electron chi connectivity index (χ2n) is 3.85. The van der Waals surface area contributed by atoms with Crippen LogP contribution >= 0.6 is 0 Å². The van der Waals surface area contributed by atoms with Gasteiger partial charge in [-0.25, -0.2) is 4.99 Å². The molecule has 0 saturated heterocycles. The van der Waals surface area contributed by atoms with Crippen LogP contribution in [0.2, 0.25) is 0 Å². The fourth-order valence-corrected chi connectivity index (χ4v) is 1.20. The molecule has 13 heavy (non-hydrogen) atoms. The van der Waals surface area contributed by atoms with Crippen LogP contribution in [0.4, 0.5) is 0 Å². The van der Waals surface area contributed by atoms with E-state index in [2.05, 4.69) is 16.8 Å². The lowest BCUT2D eigenvalue weighted by atomic mass is 10.2. The molecule has 0 aromatic heterocycles. The molecule has 0 aromatic carbocycles. The van der Waals surface area contributed by atoms with Crippen LogP contribution in [0.3, 0.4) is 0 Å². The molecular formula is C10H21N3. The number of nitrogens with two attached hydrogens (primary N) is 1. The Bertz CT molecular complexity index is 173. The molecule has 3 nitrogen and oxygen atoms in total. The maximum absolute atomic E-state index is 5.82. The lowest BCUT2D eigenvalue weighted by molar-refractivity contribution is 0.469. The van der Waals surface area contributed by atoms with Gasteiger partial charge in [-0.3, -0.25) is 0 Å². The van der Waals surface area contributed by atoms with Gasteiger partial charge in [0.15, 0.2) is 5.96 Å². The first-order chi connectivity index (χ1) is 6.24. The molecule has 0 unspecified atom stereocenters. The number of hydrogen-bond donors (Lipinski definition) is 1. The van der Waals surface area contributed by atoms with Crippen molar-refractivity contribution in [2.24, 2.45) is 10.7 Å². The van der Waals surface area contributed by atoms with E-state index in [9.17, 15) is 0 Å². The van der Waals surface area contributed by atoms with Crippen molar-refractivity contribution in [3.63, 3.8) is 0 Å². The molecule has 1 saturated carbocycles. The van der Waals surface area contributed by atoms with Crippen LogP contribution < -0.4 is 5.73 Å². The number of rotatable bonds is 5. The van der Waals surface area contributed by atoms with E-state index in [1.807, 2.05) is 7.05 Å². The first kappa shape index (κ1) is 10.4. The maximum atomic E-state index is 5.82. The van der Waals surface area contributed by atoms with E-state index >= 15 is 0 Å². The summed E-state index contributed by atoms with van der Waals surface area (Å²) < 4.78 is 0. The largest absolute Gasteiger partial charge is 0.370 e. The summed E-state index contributed by atoms with van der Waals surface area (Å²) in [7, 11) is 2.02. The maximum Gasteiger partial charge on any atom is 0.191 e. The molecule has 0 bridgehead atoms. The van der Waals surface area contributed by atoms with Crippen molar-refractivity contribution < 1.29 is 0 Å². The van der Waals surface area contributed by atoms with Crippen LogP contribution in [0.25, 0.3) is 0 Å². The lowest BCUT2D eigenvalue weighted by Gasteiger charge is -2.17. The summed E-state index contributed by atoms with van der Waals surface area (Å²) in [4.78, 5) is 6.45. The predicted molar refractivity (Wildman–Crippen MR) is 56.8 cm³/mol. The van der Waals surface area contributed by atoms with Crippen molar-refractivity contribution in [1.82, 2.24) is 4.90 Å². The quantitative estimate of drug-likeness (QED) is 0.399. The Morgan fingerprint density at radius 2 is 2.15 bits per heavy atom. The summed E-state index contributed by atoms with van der Waals surface area (Å²) in [6.07, 6.45) is 6.20. The monoisotopic (exact) mass is 183 g/mol. The summed E-state index contributed by atoms with van der Waals surface area (Å²) in [6, 6.07) is 0.536. The average molecular weight is 183 g/mol. The minimum absolute atomic E-state index is 0.536. The zero-order valence-corrected chi connectivity index (χ0v) is 8.79. The number of unbranched alkanes of at least 4 members (excludes halogenated alkanes) is 2. The number of nitrogens with zero attached hydrogens (tertiary/aromatic N) is 2. The lowest BCUT2D eigenvalue weighted by Crippen LogP contribution is -2.35. The number of hydrogen-bond acceptors (Lipinski definition) is 1. The molecule has 0 spiro atoms. The highest BCUT2D eigenvalue weighted by molar-refractivity contribution is 5.78. The Balaban J connectivity index is 2.16. The van der Waals surface area contributed by atoms with Crippen LogP contribution in [0, 0.1) is 0 Å². The van der Waals surface area contributed by atoms with Crippen molar-refractivity contribution in [3.05, 3.63) is 0 Å². The summed E-state index contributed by atoms with van der Waals surface area (Å²) >= 11 is 0. The van der Waals surface area contributed by atoms with E-state index in [0.717, 1.165) is 12.5 Å². The molecule has 0 heterocycles. The van der Waals surface area contributed by atoms with Gasteiger partial charge in [0.05, 0.1) is 6.04 Å². The van der Waals surface area contributed by atoms with Crippen molar-refractivity contribution >= 4 is 5.96 Å². The molecule has 1 rings (SSSR count). The van der Waals surface area contributed by atoms with Crippen LogP contribution in [0.5, 0.6) is 0 Å². The fraction of sp³-hybridized carbons (Fsp3) is 0.900. The van der Waals surface area contributed by atoms with Crippen LogP contribution in [0.1, 0.15) is 39.0 Å². The Hall–Kier alpha value is -0.730. The van der Waals surface area contributed by atoms with Crippen LogP contribution in [-0.2, 0) is 0 Å². The van der Waals surface area contributed by atoms with E-state index in [1.54, 1.807) is 0 Å². The molecular weight excluding hydrogens is 162 g/mol. The van der Waals surface area contributed by atoms with Gasteiger partial charge in [-0.15, -0.1) is 0 Å². The standard InChI is InChI=1S/C10H21N3/c1-3-4-5-8-13(2)10(11)12-9-6-7-9/h9H,3-8H2,1-2H3,(H2,11,12). The molecule has 0 radical (unpaired) electrons. The normalized spacial score (nSPS) is 17.5. The van der Waals surface area contributed by atoms with E-state index in [4.69, 9.17) is 5.73 Å². The second-order valence-corrected chi connectivity index (χ2v) is 3.85. The highest BCUT2D eigenvalue weighted by Crippen LogP contribution is 2.23. The van der Waals surface area contributed by atoms with Gasteiger partial charge >= 0.3 is 0 Å². The van der Waals surface area contributed by atoms with Crippen molar-refractivity contribution in [2.45, 2.75) is 45.1 Å².